The summed E-state index contributed by atoms with van der Waals surface area (Å²) in [6, 6.07) is 5.98. The van der Waals surface area contributed by atoms with E-state index in [1.165, 1.54) is 11.1 Å². The molecule has 0 fully saturated rings. The zero-order valence-corrected chi connectivity index (χ0v) is 11.4. The maximum Gasteiger partial charge on any atom is 0.0434 e. The van der Waals surface area contributed by atoms with E-state index in [9.17, 15) is 0 Å². The second-order valence-electron chi connectivity index (χ2n) is 4.49. The van der Waals surface area contributed by atoms with Crippen molar-refractivity contribution in [1.82, 2.24) is 5.32 Å². The van der Waals surface area contributed by atoms with Crippen LogP contribution in [-0.4, -0.2) is 18.3 Å². The fourth-order valence-electron chi connectivity index (χ4n) is 1.90. The molecule has 0 heterocycles. The van der Waals surface area contributed by atoms with E-state index in [1.54, 1.807) is 0 Å². The number of rotatable bonds is 7. The second kappa shape index (κ2) is 7.70. The lowest BCUT2D eigenvalue weighted by Crippen LogP contribution is -2.23. The maximum atomic E-state index is 8.92. The molecule has 0 aromatic heterocycles. The molecule has 0 spiro atoms. The monoisotopic (exact) mass is 255 g/mol. The van der Waals surface area contributed by atoms with Gasteiger partial charge in [0.15, 0.2) is 0 Å². The van der Waals surface area contributed by atoms with Crippen LogP contribution in [0.25, 0.3) is 0 Å². The Hall–Kier alpha value is -0.570. The van der Waals surface area contributed by atoms with Crippen LogP contribution in [0.5, 0.6) is 0 Å². The first-order valence-electron chi connectivity index (χ1n) is 6.24. The lowest BCUT2D eigenvalue weighted by atomic mass is 10.0. The van der Waals surface area contributed by atoms with E-state index in [2.05, 4.69) is 25.2 Å². The summed E-state index contributed by atoms with van der Waals surface area (Å²) < 4.78 is 0. The van der Waals surface area contributed by atoms with Crippen LogP contribution in [0.3, 0.4) is 0 Å². The molecule has 1 aromatic rings. The highest BCUT2D eigenvalue weighted by molar-refractivity contribution is 6.30. The molecular weight excluding hydrogens is 234 g/mol. The van der Waals surface area contributed by atoms with Gasteiger partial charge in [0.05, 0.1) is 0 Å². The van der Waals surface area contributed by atoms with Crippen molar-refractivity contribution in [3.8, 4) is 0 Å². The fourth-order valence-corrected chi connectivity index (χ4v) is 2.13. The highest BCUT2D eigenvalue weighted by Crippen LogP contribution is 2.15. The molecule has 0 aliphatic rings. The van der Waals surface area contributed by atoms with Gasteiger partial charge in [-0.15, -0.1) is 0 Å². The number of aliphatic hydroxyl groups is 1. The van der Waals surface area contributed by atoms with Crippen LogP contribution in [0.15, 0.2) is 18.2 Å². The molecule has 2 N–H and O–H groups in total. The van der Waals surface area contributed by atoms with Gasteiger partial charge in [-0.05, 0) is 49.1 Å². The van der Waals surface area contributed by atoms with E-state index in [4.69, 9.17) is 16.7 Å². The van der Waals surface area contributed by atoms with Crippen LogP contribution in [0.4, 0.5) is 0 Å². The number of benzene rings is 1. The van der Waals surface area contributed by atoms with Crippen LogP contribution in [0.2, 0.25) is 5.02 Å². The zero-order chi connectivity index (χ0) is 12.7. The maximum absolute atomic E-state index is 8.92. The van der Waals surface area contributed by atoms with Gasteiger partial charge in [-0.3, -0.25) is 0 Å². The minimum atomic E-state index is 0.278. The van der Waals surface area contributed by atoms with Crippen molar-refractivity contribution in [2.45, 2.75) is 33.2 Å². The van der Waals surface area contributed by atoms with Crippen LogP contribution in [0, 0.1) is 12.8 Å². The molecule has 0 aliphatic carbocycles. The quantitative estimate of drug-likeness (QED) is 0.785. The second-order valence-corrected chi connectivity index (χ2v) is 4.92. The van der Waals surface area contributed by atoms with Crippen molar-refractivity contribution in [2.75, 3.05) is 13.2 Å². The summed E-state index contributed by atoms with van der Waals surface area (Å²) in [5.74, 6) is 0.563. The first kappa shape index (κ1) is 14.5. The minimum Gasteiger partial charge on any atom is -0.396 e. The van der Waals surface area contributed by atoms with E-state index in [1.807, 2.05) is 12.1 Å². The Morgan fingerprint density at radius 3 is 2.76 bits per heavy atom. The number of hydrogen-bond acceptors (Lipinski definition) is 2. The van der Waals surface area contributed by atoms with Crippen LogP contribution >= 0.6 is 11.6 Å². The summed E-state index contributed by atoms with van der Waals surface area (Å²) in [6.07, 6.45) is 1.98. The number of halogens is 1. The number of hydrogen-bond donors (Lipinski definition) is 2. The van der Waals surface area contributed by atoms with E-state index < -0.39 is 0 Å². The van der Waals surface area contributed by atoms with E-state index >= 15 is 0 Å². The van der Waals surface area contributed by atoms with Gasteiger partial charge in [-0.2, -0.15) is 0 Å². The van der Waals surface area contributed by atoms with Gasteiger partial charge in [0.25, 0.3) is 0 Å². The minimum absolute atomic E-state index is 0.278. The molecule has 0 amide bonds. The Labute approximate surface area is 109 Å². The highest BCUT2D eigenvalue weighted by atomic mass is 35.5. The third-order valence-electron chi connectivity index (χ3n) is 3.17. The predicted octanol–water partition coefficient (Wildman–Crippen LogP) is 3.15. The van der Waals surface area contributed by atoms with E-state index in [-0.39, 0.29) is 6.61 Å². The molecule has 1 rings (SSSR count). The fraction of sp³-hybridized carbons (Fsp3) is 0.571. The molecule has 0 saturated heterocycles. The molecule has 0 aliphatic heterocycles. The summed E-state index contributed by atoms with van der Waals surface area (Å²) in [4.78, 5) is 0. The van der Waals surface area contributed by atoms with Gasteiger partial charge in [-0.25, -0.2) is 0 Å². The molecule has 2 nitrogen and oxygen atoms in total. The Kier molecular flexibility index (Phi) is 6.56. The number of aliphatic hydroxyl groups excluding tert-OH is 1. The Bertz CT molecular complexity index is 341. The summed E-state index contributed by atoms with van der Waals surface area (Å²) in [5.41, 5.74) is 2.51. The third-order valence-corrected chi connectivity index (χ3v) is 3.40. The molecule has 1 atom stereocenters. The highest BCUT2D eigenvalue weighted by Gasteiger charge is 2.05. The van der Waals surface area contributed by atoms with Crippen LogP contribution in [-0.2, 0) is 6.54 Å². The first-order chi connectivity index (χ1) is 8.17. The molecule has 17 heavy (non-hydrogen) atoms. The van der Waals surface area contributed by atoms with Gasteiger partial charge < -0.3 is 10.4 Å². The predicted molar refractivity (Wildman–Crippen MR) is 73.4 cm³/mol. The van der Waals surface area contributed by atoms with Crippen molar-refractivity contribution in [1.29, 1.82) is 0 Å². The Morgan fingerprint density at radius 2 is 2.18 bits per heavy atom. The molecule has 1 unspecified atom stereocenters. The summed E-state index contributed by atoms with van der Waals surface area (Å²) >= 11 is 5.92. The molecule has 96 valence electrons. The van der Waals surface area contributed by atoms with Crippen LogP contribution in [0.1, 0.15) is 30.9 Å². The van der Waals surface area contributed by atoms with Crippen molar-refractivity contribution >= 4 is 11.6 Å². The average Bonchev–Trinajstić information content (AvgIpc) is 2.30. The van der Waals surface area contributed by atoms with Gasteiger partial charge in [0.2, 0.25) is 0 Å². The first-order valence-corrected chi connectivity index (χ1v) is 6.61. The largest absolute Gasteiger partial charge is 0.396 e. The summed E-state index contributed by atoms with van der Waals surface area (Å²) in [7, 11) is 0. The molecular formula is C14H22ClNO. The molecule has 0 bridgehead atoms. The normalized spacial score (nSPS) is 12.7. The lowest BCUT2D eigenvalue weighted by molar-refractivity contribution is 0.251. The van der Waals surface area contributed by atoms with Gasteiger partial charge >= 0.3 is 0 Å². The Balaban J connectivity index is 2.39. The van der Waals surface area contributed by atoms with E-state index in [0.717, 1.165) is 31.0 Å². The molecule has 0 radical (unpaired) electrons. The topological polar surface area (TPSA) is 32.3 Å². The van der Waals surface area contributed by atoms with Gasteiger partial charge in [0.1, 0.15) is 0 Å². The van der Waals surface area contributed by atoms with Gasteiger partial charge in [0, 0.05) is 18.2 Å². The van der Waals surface area contributed by atoms with Crippen molar-refractivity contribution in [2.24, 2.45) is 5.92 Å². The summed E-state index contributed by atoms with van der Waals surface area (Å²) in [5, 5.41) is 13.1. The Morgan fingerprint density at radius 1 is 1.41 bits per heavy atom. The summed E-state index contributed by atoms with van der Waals surface area (Å²) in [6.45, 7) is 6.34. The smallest absolute Gasteiger partial charge is 0.0434 e. The van der Waals surface area contributed by atoms with Crippen molar-refractivity contribution in [3.05, 3.63) is 34.3 Å². The SMILES string of the molecule is CCC(CCO)CNCc1ccc(Cl)cc1C. The molecule has 0 saturated carbocycles. The van der Waals surface area contributed by atoms with Crippen molar-refractivity contribution in [3.63, 3.8) is 0 Å². The molecule has 1 aromatic carbocycles. The number of nitrogens with one attached hydrogen (secondary N) is 1. The lowest BCUT2D eigenvalue weighted by Gasteiger charge is -2.15. The van der Waals surface area contributed by atoms with Crippen LogP contribution < -0.4 is 5.32 Å². The molecule has 3 heteroatoms. The standard InChI is InChI=1S/C14H22ClNO/c1-3-12(6-7-17)9-16-10-13-4-5-14(15)8-11(13)2/h4-5,8,12,16-17H,3,6-7,9-10H2,1-2H3. The zero-order valence-electron chi connectivity index (χ0n) is 10.7. The number of aryl methyl sites for hydroxylation is 1. The van der Waals surface area contributed by atoms with Crippen molar-refractivity contribution < 1.29 is 5.11 Å². The third kappa shape index (κ3) is 5.07. The average molecular weight is 256 g/mol. The van der Waals surface area contributed by atoms with E-state index in [0.29, 0.717) is 5.92 Å². The van der Waals surface area contributed by atoms with Gasteiger partial charge in [-0.1, -0.05) is 31.0 Å².